The first kappa shape index (κ1) is 17.0. The van der Waals surface area contributed by atoms with E-state index in [0.29, 0.717) is 24.4 Å². The summed E-state index contributed by atoms with van der Waals surface area (Å²) < 4.78 is 27.2. The molecule has 1 heterocycles. The van der Waals surface area contributed by atoms with E-state index >= 15 is 0 Å². The Bertz CT molecular complexity index is 655. The first-order valence-electron chi connectivity index (χ1n) is 7.71. The molecule has 6 heteroatoms. The van der Waals surface area contributed by atoms with Crippen LogP contribution < -0.4 is 5.32 Å². The lowest BCUT2D eigenvalue weighted by Crippen LogP contribution is -2.45. The number of nitrogens with zero attached hydrogens (tertiary/aromatic N) is 1. The zero-order chi connectivity index (χ0) is 16.3. The molecular formula is C16H24N2O3S. The highest BCUT2D eigenvalue weighted by atomic mass is 32.2. The summed E-state index contributed by atoms with van der Waals surface area (Å²) in [4.78, 5) is 12.3. The van der Waals surface area contributed by atoms with E-state index in [1.165, 1.54) is 4.31 Å². The summed E-state index contributed by atoms with van der Waals surface area (Å²) in [5, 5.41) is 2.79. The van der Waals surface area contributed by atoms with Gasteiger partial charge in [-0.1, -0.05) is 12.1 Å². The number of hydrogen-bond donors (Lipinski definition) is 1. The van der Waals surface area contributed by atoms with Crippen molar-refractivity contribution in [2.24, 2.45) is 5.92 Å². The van der Waals surface area contributed by atoms with Crippen molar-refractivity contribution in [3.8, 4) is 0 Å². The molecule has 1 unspecified atom stereocenters. The molecule has 1 aromatic rings. The quantitative estimate of drug-likeness (QED) is 0.919. The summed E-state index contributed by atoms with van der Waals surface area (Å²) in [5.41, 5.74) is 1.66. The molecule has 22 heavy (non-hydrogen) atoms. The number of sulfonamides is 1. The molecule has 1 atom stereocenters. The largest absolute Gasteiger partial charge is 0.356 e. The minimum atomic E-state index is -3.54. The normalized spacial score (nSPS) is 19.9. The zero-order valence-corrected chi connectivity index (χ0v) is 14.2. The highest BCUT2D eigenvalue weighted by Gasteiger charge is 2.33. The van der Waals surface area contributed by atoms with Crippen molar-refractivity contribution in [1.29, 1.82) is 0 Å². The molecule has 0 bridgehead atoms. The molecule has 0 spiro atoms. The van der Waals surface area contributed by atoms with Gasteiger partial charge in [0.1, 0.15) is 0 Å². The van der Waals surface area contributed by atoms with Crippen LogP contribution >= 0.6 is 0 Å². The van der Waals surface area contributed by atoms with Gasteiger partial charge in [-0.05, 0) is 50.8 Å². The van der Waals surface area contributed by atoms with Gasteiger partial charge in [-0.15, -0.1) is 0 Å². The van der Waals surface area contributed by atoms with Crippen LogP contribution in [0.5, 0.6) is 0 Å². The van der Waals surface area contributed by atoms with Crippen LogP contribution in [-0.2, 0) is 14.8 Å². The molecule has 1 fully saturated rings. The number of aryl methyl sites for hydroxylation is 2. The second kappa shape index (κ2) is 6.79. The van der Waals surface area contributed by atoms with Crippen molar-refractivity contribution >= 4 is 15.9 Å². The van der Waals surface area contributed by atoms with Crippen LogP contribution in [0.15, 0.2) is 23.1 Å². The molecule has 0 aliphatic carbocycles. The Morgan fingerprint density at radius 1 is 1.36 bits per heavy atom. The number of piperidine rings is 1. The molecule has 1 saturated heterocycles. The maximum atomic E-state index is 12.9. The van der Waals surface area contributed by atoms with Crippen LogP contribution in [0.4, 0.5) is 0 Å². The van der Waals surface area contributed by atoms with E-state index in [2.05, 4.69) is 5.32 Å². The average molecular weight is 324 g/mol. The van der Waals surface area contributed by atoms with Crippen molar-refractivity contribution in [3.05, 3.63) is 29.3 Å². The molecule has 2 rings (SSSR count). The number of rotatable bonds is 4. The third kappa shape index (κ3) is 3.50. The van der Waals surface area contributed by atoms with Crippen molar-refractivity contribution in [3.63, 3.8) is 0 Å². The smallest absolute Gasteiger partial charge is 0.243 e. The molecule has 1 aliphatic rings. The summed E-state index contributed by atoms with van der Waals surface area (Å²) >= 11 is 0. The molecule has 0 aromatic heterocycles. The minimum absolute atomic E-state index is 0.0524. The predicted molar refractivity (Wildman–Crippen MR) is 86.1 cm³/mol. The predicted octanol–water partition coefficient (Wildman–Crippen LogP) is 1.84. The van der Waals surface area contributed by atoms with Crippen LogP contribution in [0, 0.1) is 19.8 Å². The Balaban J connectivity index is 2.25. The van der Waals surface area contributed by atoms with Gasteiger partial charge in [-0.25, -0.2) is 8.42 Å². The maximum absolute atomic E-state index is 12.9. The number of carbonyl (C=O) groups is 1. The second-order valence-electron chi connectivity index (χ2n) is 5.87. The SMILES string of the molecule is CCNC(=O)C1CCCN(S(=O)(=O)c2cc(C)ccc2C)C1. The third-order valence-electron chi connectivity index (χ3n) is 4.07. The Morgan fingerprint density at radius 3 is 2.77 bits per heavy atom. The summed E-state index contributed by atoms with van der Waals surface area (Å²) in [7, 11) is -3.54. The minimum Gasteiger partial charge on any atom is -0.356 e. The molecule has 1 aliphatic heterocycles. The van der Waals surface area contributed by atoms with Gasteiger partial charge in [0.05, 0.1) is 10.8 Å². The molecule has 5 nitrogen and oxygen atoms in total. The fraction of sp³-hybridized carbons (Fsp3) is 0.562. The fourth-order valence-corrected chi connectivity index (χ4v) is 4.65. The van der Waals surface area contributed by atoms with Crippen LogP contribution in [0.1, 0.15) is 30.9 Å². The first-order valence-corrected chi connectivity index (χ1v) is 9.15. The van der Waals surface area contributed by atoms with Crippen LogP contribution in [-0.4, -0.2) is 38.3 Å². The first-order chi connectivity index (χ1) is 10.4. The van der Waals surface area contributed by atoms with Gasteiger partial charge in [0.15, 0.2) is 0 Å². The topological polar surface area (TPSA) is 66.5 Å². The van der Waals surface area contributed by atoms with Gasteiger partial charge in [-0.2, -0.15) is 4.31 Å². The Labute approximate surface area is 132 Å². The van der Waals surface area contributed by atoms with E-state index in [1.807, 2.05) is 26.0 Å². The van der Waals surface area contributed by atoms with E-state index in [9.17, 15) is 13.2 Å². The zero-order valence-electron chi connectivity index (χ0n) is 13.4. The molecule has 1 aromatic carbocycles. The summed E-state index contributed by atoms with van der Waals surface area (Å²) in [6.45, 7) is 6.86. The van der Waals surface area contributed by atoms with Crippen LogP contribution in [0.25, 0.3) is 0 Å². The number of benzene rings is 1. The van der Waals surface area contributed by atoms with E-state index in [0.717, 1.165) is 17.5 Å². The van der Waals surface area contributed by atoms with Gasteiger partial charge < -0.3 is 5.32 Å². The van der Waals surface area contributed by atoms with E-state index in [4.69, 9.17) is 0 Å². The molecule has 0 radical (unpaired) electrons. The molecule has 1 N–H and O–H groups in total. The van der Waals surface area contributed by atoms with Crippen LogP contribution in [0.2, 0.25) is 0 Å². The fourth-order valence-electron chi connectivity index (χ4n) is 2.82. The Hall–Kier alpha value is -1.40. The Kier molecular flexibility index (Phi) is 5.24. The highest BCUT2D eigenvalue weighted by Crippen LogP contribution is 2.26. The van der Waals surface area contributed by atoms with E-state index in [-0.39, 0.29) is 18.4 Å². The molecule has 122 valence electrons. The maximum Gasteiger partial charge on any atom is 0.243 e. The molecule has 1 amide bonds. The summed E-state index contributed by atoms with van der Waals surface area (Å²) in [5.74, 6) is -0.308. The van der Waals surface area contributed by atoms with E-state index in [1.54, 1.807) is 13.0 Å². The van der Waals surface area contributed by atoms with Gasteiger partial charge >= 0.3 is 0 Å². The lowest BCUT2D eigenvalue weighted by atomic mass is 9.99. The Morgan fingerprint density at radius 2 is 2.09 bits per heavy atom. The highest BCUT2D eigenvalue weighted by molar-refractivity contribution is 7.89. The van der Waals surface area contributed by atoms with Gasteiger partial charge in [0, 0.05) is 19.6 Å². The van der Waals surface area contributed by atoms with Crippen molar-refractivity contribution in [1.82, 2.24) is 9.62 Å². The monoisotopic (exact) mass is 324 g/mol. The lowest BCUT2D eigenvalue weighted by molar-refractivity contribution is -0.125. The van der Waals surface area contributed by atoms with Crippen molar-refractivity contribution in [2.75, 3.05) is 19.6 Å². The lowest BCUT2D eigenvalue weighted by Gasteiger charge is -2.31. The standard InChI is InChI=1S/C16H24N2O3S/c1-4-17-16(19)14-6-5-9-18(11-14)22(20,21)15-10-12(2)7-8-13(15)3/h7-8,10,14H,4-6,9,11H2,1-3H3,(H,17,19). The number of hydrogen-bond acceptors (Lipinski definition) is 3. The summed E-state index contributed by atoms with van der Waals surface area (Å²) in [6.07, 6.45) is 1.45. The van der Waals surface area contributed by atoms with E-state index < -0.39 is 10.0 Å². The molecular weight excluding hydrogens is 300 g/mol. The number of nitrogens with one attached hydrogen (secondary N) is 1. The van der Waals surface area contributed by atoms with Crippen molar-refractivity contribution in [2.45, 2.75) is 38.5 Å². The molecule has 0 saturated carbocycles. The second-order valence-corrected chi connectivity index (χ2v) is 7.77. The van der Waals surface area contributed by atoms with Crippen LogP contribution in [0.3, 0.4) is 0 Å². The summed E-state index contributed by atoms with van der Waals surface area (Å²) in [6, 6.07) is 5.44. The van der Waals surface area contributed by atoms with Gasteiger partial charge in [-0.3, -0.25) is 4.79 Å². The van der Waals surface area contributed by atoms with Gasteiger partial charge in [0.25, 0.3) is 0 Å². The van der Waals surface area contributed by atoms with Gasteiger partial charge in [0.2, 0.25) is 15.9 Å². The number of amides is 1. The van der Waals surface area contributed by atoms with Crippen molar-refractivity contribution < 1.29 is 13.2 Å². The third-order valence-corrected chi connectivity index (χ3v) is 6.07. The average Bonchev–Trinajstić information content (AvgIpc) is 2.50. The number of carbonyl (C=O) groups excluding carboxylic acids is 1.